The van der Waals surface area contributed by atoms with Gasteiger partial charge in [-0.15, -0.1) is 0 Å². The monoisotopic (exact) mass is 396 g/mol. The highest BCUT2D eigenvalue weighted by Crippen LogP contribution is 2.44. The van der Waals surface area contributed by atoms with Gasteiger partial charge in [0.1, 0.15) is 0 Å². The van der Waals surface area contributed by atoms with E-state index in [9.17, 15) is 0 Å². The highest BCUT2D eigenvalue weighted by atomic mass is 16.5. The first-order chi connectivity index (χ1) is 14.0. The van der Waals surface area contributed by atoms with E-state index in [0.29, 0.717) is 12.0 Å². The second kappa shape index (κ2) is 9.64. The average molecular weight is 397 g/mol. The molecular formula is C25H36N2O2. The summed E-state index contributed by atoms with van der Waals surface area (Å²) in [5.74, 6) is 2.17. The molecule has 2 aromatic rings. The van der Waals surface area contributed by atoms with E-state index >= 15 is 0 Å². The van der Waals surface area contributed by atoms with E-state index < -0.39 is 0 Å². The van der Waals surface area contributed by atoms with Crippen LogP contribution in [0.2, 0.25) is 0 Å². The predicted octanol–water partition coefficient (Wildman–Crippen LogP) is 4.48. The number of hydrogen-bond donors (Lipinski definition) is 1. The molecule has 1 N–H and O–H groups in total. The maximum atomic E-state index is 5.43. The maximum Gasteiger partial charge on any atom is 0.161 e. The molecule has 0 aliphatic carbocycles. The van der Waals surface area contributed by atoms with Crippen LogP contribution in [0.15, 0.2) is 48.5 Å². The van der Waals surface area contributed by atoms with Crippen molar-refractivity contribution in [2.75, 3.05) is 34.4 Å². The van der Waals surface area contributed by atoms with Crippen molar-refractivity contribution in [2.24, 2.45) is 5.92 Å². The fourth-order valence-electron chi connectivity index (χ4n) is 4.87. The lowest BCUT2D eigenvalue weighted by molar-refractivity contribution is 0.0689. The first-order valence-corrected chi connectivity index (χ1v) is 10.7. The molecule has 4 nitrogen and oxygen atoms in total. The standard InChI is InChI=1S/C25H36N2O2/c1-19-18-27(3)20(2)16-25(19,22-9-7-6-8-10-22)13-14-26-17-21-11-12-23(28-4)24(15-21)29-5/h6-12,15,19-20,26H,13-14,16-18H2,1-5H3/t19-,20-,25-/m1/s1. The first-order valence-electron chi connectivity index (χ1n) is 10.7. The number of piperidine rings is 1. The van der Waals surface area contributed by atoms with E-state index in [-0.39, 0.29) is 5.41 Å². The quantitative estimate of drug-likeness (QED) is 0.667. The molecule has 1 heterocycles. The highest BCUT2D eigenvalue weighted by molar-refractivity contribution is 5.42. The van der Waals surface area contributed by atoms with Gasteiger partial charge in [-0.25, -0.2) is 0 Å². The zero-order chi connectivity index (χ0) is 20.9. The Kier molecular flexibility index (Phi) is 7.20. The topological polar surface area (TPSA) is 33.7 Å². The van der Waals surface area contributed by atoms with Crippen LogP contribution in [0.1, 0.15) is 37.8 Å². The Bertz CT molecular complexity index is 780. The number of nitrogens with one attached hydrogen (secondary N) is 1. The number of nitrogens with zero attached hydrogens (tertiary/aromatic N) is 1. The van der Waals surface area contributed by atoms with Crippen LogP contribution < -0.4 is 14.8 Å². The lowest BCUT2D eigenvalue weighted by atomic mass is 9.63. The zero-order valence-corrected chi connectivity index (χ0v) is 18.6. The number of benzene rings is 2. The lowest BCUT2D eigenvalue weighted by Crippen LogP contribution is -2.52. The van der Waals surface area contributed by atoms with Gasteiger partial charge in [0.15, 0.2) is 11.5 Å². The van der Waals surface area contributed by atoms with Gasteiger partial charge >= 0.3 is 0 Å². The van der Waals surface area contributed by atoms with E-state index in [4.69, 9.17) is 9.47 Å². The molecule has 29 heavy (non-hydrogen) atoms. The van der Waals surface area contributed by atoms with Gasteiger partial charge in [-0.05, 0) is 62.5 Å². The Hall–Kier alpha value is -2.04. The van der Waals surface area contributed by atoms with Gasteiger partial charge in [0, 0.05) is 24.5 Å². The van der Waals surface area contributed by atoms with Crippen LogP contribution >= 0.6 is 0 Å². The molecular weight excluding hydrogens is 360 g/mol. The van der Waals surface area contributed by atoms with Gasteiger partial charge < -0.3 is 19.7 Å². The molecule has 158 valence electrons. The summed E-state index contributed by atoms with van der Waals surface area (Å²) in [6, 6.07) is 17.9. The van der Waals surface area contributed by atoms with Crippen LogP contribution in [0.5, 0.6) is 11.5 Å². The fraction of sp³-hybridized carbons (Fsp3) is 0.520. The summed E-state index contributed by atoms with van der Waals surface area (Å²) >= 11 is 0. The molecule has 3 rings (SSSR count). The molecule has 1 saturated heterocycles. The third-order valence-electron chi connectivity index (χ3n) is 6.79. The molecule has 0 aromatic heterocycles. The summed E-state index contributed by atoms with van der Waals surface area (Å²) in [6.45, 7) is 7.75. The van der Waals surface area contributed by atoms with E-state index in [1.54, 1.807) is 14.2 Å². The van der Waals surface area contributed by atoms with Crippen LogP contribution in [-0.4, -0.2) is 45.3 Å². The minimum atomic E-state index is 0.220. The van der Waals surface area contributed by atoms with E-state index in [1.807, 2.05) is 6.07 Å². The Morgan fingerprint density at radius 2 is 1.76 bits per heavy atom. The minimum Gasteiger partial charge on any atom is -0.493 e. The molecule has 0 bridgehead atoms. The molecule has 1 aliphatic rings. The molecule has 0 saturated carbocycles. The second-order valence-corrected chi connectivity index (χ2v) is 8.53. The lowest BCUT2D eigenvalue weighted by Gasteiger charge is -2.50. The first kappa shape index (κ1) is 21.7. The smallest absolute Gasteiger partial charge is 0.161 e. The van der Waals surface area contributed by atoms with Crippen LogP contribution in [0.25, 0.3) is 0 Å². The molecule has 3 atom stereocenters. The minimum absolute atomic E-state index is 0.220. The highest BCUT2D eigenvalue weighted by Gasteiger charge is 2.43. The van der Waals surface area contributed by atoms with Gasteiger partial charge in [-0.2, -0.15) is 0 Å². The Labute approximate surface area is 176 Å². The third kappa shape index (κ3) is 4.76. The van der Waals surface area contributed by atoms with Crippen molar-refractivity contribution in [3.63, 3.8) is 0 Å². The largest absolute Gasteiger partial charge is 0.493 e. The third-order valence-corrected chi connectivity index (χ3v) is 6.79. The fourth-order valence-corrected chi connectivity index (χ4v) is 4.87. The van der Waals surface area contributed by atoms with Crippen LogP contribution in [-0.2, 0) is 12.0 Å². The van der Waals surface area contributed by atoms with Gasteiger partial charge in [0.05, 0.1) is 14.2 Å². The predicted molar refractivity (Wildman–Crippen MR) is 120 cm³/mol. The van der Waals surface area contributed by atoms with Crippen molar-refractivity contribution in [1.82, 2.24) is 10.2 Å². The SMILES string of the molecule is COc1ccc(CNCC[C@@]2(c3ccccc3)C[C@@H](C)N(C)C[C@H]2C)cc1OC. The Morgan fingerprint density at radius 3 is 2.45 bits per heavy atom. The molecule has 2 aromatic carbocycles. The maximum absolute atomic E-state index is 5.43. The summed E-state index contributed by atoms with van der Waals surface area (Å²) in [5.41, 5.74) is 2.92. The van der Waals surface area contributed by atoms with Crippen molar-refractivity contribution in [3.05, 3.63) is 59.7 Å². The van der Waals surface area contributed by atoms with Crippen molar-refractivity contribution in [3.8, 4) is 11.5 Å². The van der Waals surface area contributed by atoms with Gasteiger partial charge in [0.2, 0.25) is 0 Å². The van der Waals surface area contributed by atoms with E-state index in [2.05, 4.69) is 73.6 Å². The van der Waals surface area contributed by atoms with Gasteiger partial charge in [-0.3, -0.25) is 0 Å². The molecule has 0 unspecified atom stereocenters. The molecule has 4 heteroatoms. The van der Waals surface area contributed by atoms with Crippen molar-refractivity contribution < 1.29 is 9.47 Å². The summed E-state index contributed by atoms with van der Waals surface area (Å²) in [5, 5.41) is 3.67. The number of ether oxygens (including phenoxy) is 2. The molecule has 1 aliphatic heterocycles. The van der Waals surface area contributed by atoms with Crippen LogP contribution in [0.4, 0.5) is 0 Å². The number of hydrogen-bond acceptors (Lipinski definition) is 4. The van der Waals surface area contributed by atoms with Gasteiger partial charge in [-0.1, -0.05) is 43.3 Å². The zero-order valence-electron chi connectivity index (χ0n) is 18.6. The molecule has 1 fully saturated rings. The number of likely N-dealkylation sites (tertiary alicyclic amines) is 1. The number of rotatable bonds is 8. The normalized spacial score (nSPS) is 25.0. The average Bonchev–Trinajstić information content (AvgIpc) is 2.75. The number of methoxy groups -OCH3 is 2. The summed E-state index contributed by atoms with van der Waals surface area (Å²) in [7, 11) is 5.61. The van der Waals surface area contributed by atoms with Crippen LogP contribution in [0, 0.1) is 5.92 Å². The molecule has 0 amide bonds. The van der Waals surface area contributed by atoms with Crippen molar-refractivity contribution in [2.45, 2.75) is 44.7 Å². The summed E-state index contributed by atoms with van der Waals surface area (Å²) in [4.78, 5) is 2.50. The van der Waals surface area contributed by atoms with Crippen LogP contribution in [0.3, 0.4) is 0 Å². The molecule has 0 radical (unpaired) electrons. The summed E-state index contributed by atoms with van der Waals surface area (Å²) in [6.07, 6.45) is 2.34. The Morgan fingerprint density at radius 1 is 1.03 bits per heavy atom. The van der Waals surface area contributed by atoms with E-state index in [1.165, 1.54) is 17.5 Å². The van der Waals surface area contributed by atoms with Crippen molar-refractivity contribution >= 4 is 0 Å². The molecule has 0 spiro atoms. The van der Waals surface area contributed by atoms with Crippen molar-refractivity contribution in [1.29, 1.82) is 0 Å². The Balaban J connectivity index is 1.69. The van der Waals surface area contributed by atoms with E-state index in [0.717, 1.165) is 37.6 Å². The van der Waals surface area contributed by atoms with Gasteiger partial charge in [0.25, 0.3) is 0 Å². The summed E-state index contributed by atoms with van der Waals surface area (Å²) < 4.78 is 10.8. The second-order valence-electron chi connectivity index (χ2n) is 8.53.